The topological polar surface area (TPSA) is 89.0 Å². The molecule has 1 aliphatic heterocycles. The van der Waals surface area contributed by atoms with Crippen LogP contribution in [0.25, 0.3) is 0 Å². The van der Waals surface area contributed by atoms with Gasteiger partial charge in [0.05, 0.1) is 11.6 Å². The monoisotopic (exact) mass is 384 g/mol. The van der Waals surface area contributed by atoms with Crippen LogP contribution in [-0.2, 0) is 10.9 Å². The lowest BCUT2D eigenvalue weighted by Gasteiger charge is -2.23. The molecule has 0 bridgehead atoms. The first-order valence-electron chi connectivity index (χ1n) is 8.50. The van der Waals surface area contributed by atoms with Gasteiger partial charge in [-0.15, -0.1) is 0 Å². The summed E-state index contributed by atoms with van der Waals surface area (Å²) in [6, 6.07) is 3.93. The van der Waals surface area contributed by atoms with Crippen molar-refractivity contribution in [2.24, 2.45) is 0 Å². The van der Waals surface area contributed by atoms with Gasteiger partial charge in [-0.25, -0.2) is 14.2 Å². The Morgan fingerprint density at radius 2 is 2.00 bits per heavy atom. The van der Waals surface area contributed by atoms with Crippen molar-refractivity contribution < 1.29 is 17.9 Å². The molecule has 2 aromatic rings. The molecule has 2 heterocycles. The predicted octanol–water partition coefficient (Wildman–Crippen LogP) is 2.48. The summed E-state index contributed by atoms with van der Waals surface area (Å²) in [6.07, 6.45) is -3.37. The van der Waals surface area contributed by atoms with E-state index in [4.69, 9.17) is 4.74 Å². The smallest absolute Gasteiger partial charge is 0.381 e. The minimum atomic E-state index is -4.45. The van der Waals surface area contributed by atoms with E-state index in [-0.39, 0.29) is 12.0 Å². The van der Waals surface area contributed by atoms with Crippen molar-refractivity contribution in [3.63, 3.8) is 0 Å². The molecule has 1 aromatic carbocycles. The van der Waals surface area contributed by atoms with Crippen LogP contribution in [0, 0.1) is 0 Å². The fourth-order valence-electron chi connectivity index (χ4n) is 3.03. The minimum absolute atomic E-state index is 0.0850. The summed E-state index contributed by atoms with van der Waals surface area (Å²) in [5.41, 5.74) is -1.74. The molecule has 1 fully saturated rings. The van der Waals surface area contributed by atoms with Crippen LogP contribution in [0.3, 0.4) is 0 Å². The highest BCUT2D eigenvalue weighted by atomic mass is 19.4. The Morgan fingerprint density at radius 3 is 2.63 bits per heavy atom. The van der Waals surface area contributed by atoms with E-state index in [0.29, 0.717) is 31.6 Å². The number of alkyl halides is 3. The zero-order valence-electron chi connectivity index (χ0n) is 14.5. The first-order valence-corrected chi connectivity index (χ1v) is 8.50. The second-order valence-corrected chi connectivity index (χ2v) is 6.38. The van der Waals surface area contributed by atoms with Crippen molar-refractivity contribution in [3.8, 4) is 0 Å². The zero-order valence-corrected chi connectivity index (χ0v) is 14.5. The number of H-pyrrole nitrogens is 1. The lowest BCUT2D eigenvalue weighted by molar-refractivity contribution is -0.137. The molecule has 10 heteroatoms. The quantitative estimate of drug-likeness (QED) is 0.846. The molecule has 1 atom stereocenters. The highest BCUT2D eigenvalue weighted by molar-refractivity contribution is 5.33. The number of rotatable bonds is 4. The van der Waals surface area contributed by atoms with Gasteiger partial charge in [0.2, 0.25) is 5.95 Å². The molecule has 1 saturated heterocycles. The number of aromatic nitrogens is 3. The number of aromatic amines is 1. The fourth-order valence-corrected chi connectivity index (χ4v) is 3.03. The average Bonchev–Trinajstić information content (AvgIpc) is 2.61. The molecule has 7 nitrogen and oxygen atoms in total. The maximum atomic E-state index is 12.9. The summed E-state index contributed by atoms with van der Waals surface area (Å²) in [7, 11) is 0. The standard InChI is InChI=1S/C17H19F3N4O3/c1-10(11-3-2-4-12(9-11)17(18,19)20)21-14-22-15(25)24(16(26)23-14)13-5-7-27-8-6-13/h2-4,9-10,13H,5-8H2,1H3,(H2,21,22,23,25,26). The van der Waals surface area contributed by atoms with Crippen LogP contribution in [0.1, 0.15) is 43.0 Å². The van der Waals surface area contributed by atoms with E-state index in [1.54, 1.807) is 6.92 Å². The van der Waals surface area contributed by atoms with E-state index in [1.165, 1.54) is 12.1 Å². The highest BCUT2D eigenvalue weighted by Gasteiger charge is 2.30. The Kier molecular flexibility index (Phi) is 5.36. The van der Waals surface area contributed by atoms with Gasteiger partial charge < -0.3 is 10.1 Å². The van der Waals surface area contributed by atoms with E-state index < -0.39 is 29.2 Å². The van der Waals surface area contributed by atoms with Gasteiger partial charge in [-0.3, -0.25) is 4.98 Å². The predicted molar refractivity (Wildman–Crippen MR) is 91.7 cm³/mol. The van der Waals surface area contributed by atoms with Crippen molar-refractivity contribution in [1.29, 1.82) is 0 Å². The van der Waals surface area contributed by atoms with Crippen LogP contribution < -0.4 is 16.7 Å². The largest absolute Gasteiger partial charge is 0.416 e. The highest BCUT2D eigenvalue weighted by Crippen LogP contribution is 2.31. The molecule has 0 spiro atoms. The number of halogens is 3. The van der Waals surface area contributed by atoms with Gasteiger partial charge in [0.25, 0.3) is 0 Å². The molecule has 146 valence electrons. The first-order chi connectivity index (χ1) is 12.8. The van der Waals surface area contributed by atoms with Crippen LogP contribution in [0.4, 0.5) is 19.1 Å². The van der Waals surface area contributed by atoms with Crippen molar-refractivity contribution in [1.82, 2.24) is 14.5 Å². The third-order valence-corrected chi connectivity index (χ3v) is 4.48. The molecule has 0 amide bonds. The number of ether oxygens (including phenoxy) is 1. The summed E-state index contributed by atoms with van der Waals surface area (Å²) in [6.45, 7) is 2.53. The van der Waals surface area contributed by atoms with Crippen LogP contribution in [-0.4, -0.2) is 27.7 Å². The molecule has 3 rings (SSSR count). The number of hydrogen-bond acceptors (Lipinski definition) is 5. The van der Waals surface area contributed by atoms with E-state index in [0.717, 1.165) is 16.7 Å². The normalized spacial score (nSPS) is 16.9. The van der Waals surface area contributed by atoms with Gasteiger partial charge in [-0.2, -0.15) is 18.2 Å². The number of nitrogens with one attached hydrogen (secondary N) is 2. The van der Waals surface area contributed by atoms with Gasteiger partial charge in [-0.1, -0.05) is 12.1 Å². The molecule has 27 heavy (non-hydrogen) atoms. The van der Waals surface area contributed by atoms with Crippen LogP contribution in [0.2, 0.25) is 0 Å². The molecule has 0 radical (unpaired) electrons. The molecule has 1 aromatic heterocycles. The third kappa shape index (κ3) is 4.38. The van der Waals surface area contributed by atoms with Gasteiger partial charge in [0.15, 0.2) is 0 Å². The van der Waals surface area contributed by atoms with E-state index in [2.05, 4.69) is 15.3 Å². The molecule has 1 aliphatic rings. The summed E-state index contributed by atoms with van der Waals surface area (Å²) < 4.78 is 44.8. The molecular formula is C17H19F3N4O3. The summed E-state index contributed by atoms with van der Waals surface area (Å²) in [5, 5.41) is 2.78. The number of benzene rings is 1. The van der Waals surface area contributed by atoms with Crippen LogP contribution in [0.15, 0.2) is 33.9 Å². The molecule has 1 unspecified atom stereocenters. The van der Waals surface area contributed by atoms with Crippen LogP contribution in [0.5, 0.6) is 0 Å². The van der Waals surface area contributed by atoms with Gasteiger partial charge in [0.1, 0.15) is 0 Å². The van der Waals surface area contributed by atoms with E-state index >= 15 is 0 Å². The van der Waals surface area contributed by atoms with Crippen molar-refractivity contribution in [3.05, 3.63) is 56.4 Å². The van der Waals surface area contributed by atoms with Gasteiger partial charge in [-0.05, 0) is 37.5 Å². The van der Waals surface area contributed by atoms with Crippen LogP contribution >= 0.6 is 0 Å². The molecule has 0 saturated carbocycles. The maximum Gasteiger partial charge on any atom is 0.416 e. The second kappa shape index (κ2) is 7.55. The Balaban J connectivity index is 1.82. The lowest BCUT2D eigenvalue weighted by atomic mass is 10.1. The molecule has 2 N–H and O–H groups in total. The number of nitrogens with zero attached hydrogens (tertiary/aromatic N) is 2. The molecular weight excluding hydrogens is 365 g/mol. The Hall–Kier alpha value is -2.62. The summed E-state index contributed by atoms with van der Waals surface area (Å²) in [4.78, 5) is 30.9. The third-order valence-electron chi connectivity index (χ3n) is 4.48. The summed E-state index contributed by atoms with van der Waals surface area (Å²) in [5.74, 6) is -0.0850. The first kappa shape index (κ1) is 19.2. The lowest BCUT2D eigenvalue weighted by Crippen LogP contribution is -2.42. The minimum Gasteiger partial charge on any atom is -0.381 e. The maximum absolute atomic E-state index is 12.9. The Labute approximate surface area is 152 Å². The van der Waals surface area contributed by atoms with E-state index in [1.807, 2.05) is 0 Å². The Morgan fingerprint density at radius 1 is 1.30 bits per heavy atom. The van der Waals surface area contributed by atoms with Crippen molar-refractivity contribution in [2.75, 3.05) is 18.5 Å². The van der Waals surface area contributed by atoms with Gasteiger partial charge in [0, 0.05) is 19.3 Å². The number of hydrogen-bond donors (Lipinski definition) is 2. The Bertz CT molecular complexity index is 885. The van der Waals surface area contributed by atoms with Crippen molar-refractivity contribution in [2.45, 2.75) is 38.0 Å². The van der Waals surface area contributed by atoms with Crippen molar-refractivity contribution >= 4 is 5.95 Å². The molecule has 0 aliphatic carbocycles. The second-order valence-electron chi connectivity index (χ2n) is 6.38. The summed E-state index contributed by atoms with van der Waals surface area (Å²) >= 11 is 0. The SMILES string of the molecule is CC(Nc1nc(=O)n(C2CCOCC2)c(=O)[nH]1)c1cccc(C(F)(F)F)c1. The zero-order chi connectivity index (χ0) is 19.6. The van der Waals surface area contributed by atoms with Gasteiger partial charge >= 0.3 is 17.6 Å². The fraction of sp³-hybridized carbons (Fsp3) is 0.471. The van der Waals surface area contributed by atoms with E-state index in [9.17, 15) is 22.8 Å². The average molecular weight is 384 g/mol. The number of anilines is 1.